The van der Waals surface area contributed by atoms with Crippen LogP contribution in [0.1, 0.15) is 233 Å². The average molecular weight is 837 g/mol. The van der Waals surface area contributed by atoms with Crippen molar-refractivity contribution in [2.24, 2.45) is 0 Å². The summed E-state index contributed by atoms with van der Waals surface area (Å²) in [7, 11) is 0. The second kappa shape index (κ2) is 48.5. The molecule has 1 unspecified atom stereocenters. The predicted molar refractivity (Wildman–Crippen MR) is 256 cm³/mol. The fourth-order valence-electron chi connectivity index (χ4n) is 6.64. The van der Waals surface area contributed by atoms with Crippen molar-refractivity contribution in [3.63, 3.8) is 0 Å². The van der Waals surface area contributed by atoms with E-state index in [1.165, 1.54) is 83.5 Å². The van der Waals surface area contributed by atoms with E-state index >= 15 is 0 Å². The zero-order valence-electron chi connectivity index (χ0n) is 39.2. The lowest BCUT2D eigenvalue weighted by Crippen LogP contribution is -2.30. The van der Waals surface area contributed by atoms with Gasteiger partial charge in [-0.1, -0.05) is 184 Å². The van der Waals surface area contributed by atoms with Crippen molar-refractivity contribution in [1.29, 1.82) is 0 Å². The molecular formula is C54H92O6. The monoisotopic (exact) mass is 837 g/mol. The van der Waals surface area contributed by atoms with E-state index in [2.05, 4.69) is 93.7 Å². The number of hydrogen-bond acceptors (Lipinski definition) is 6. The van der Waals surface area contributed by atoms with E-state index in [9.17, 15) is 14.4 Å². The number of carbonyl (C=O) groups excluding carboxylic acids is 3. The number of carbonyl (C=O) groups is 3. The van der Waals surface area contributed by atoms with Gasteiger partial charge >= 0.3 is 17.9 Å². The Labute approximate surface area is 370 Å². The second-order valence-electron chi connectivity index (χ2n) is 16.3. The van der Waals surface area contributed by atoms with E-state index in [0.717, 1.165) is 109 Å². The fourth-order valence-corrected chi connectivity index (χ4v) is 6.64. The van der Waals surface area contributed by atoms with Gasteiger partial charge in [0.2, 0.25) is 0 Å². The number of hydrogen-bond donors (Lipinski definition) is 0. The number of ether oxygens (including phenoxy) is 3. The minimum Gasteiger partial charge on any atom is -0.462 e. The Hall–Kier alpha value is -3.15. The third kappa shape index (κ3) is 45.9. The highest BCUT2D eigenvalue weighted by Crippen LogP contribution is 2.13. The predicted octanol–water partition coefficient (Wildman–Crippen LogP) is 16.3. The van der Waals surface area contributed by atoms with E-state index in [4.69, 9.17) is 14.2 Å². The minimum atomic E-state index is -0.792. The van der Waals surface area contributed by atoms with Crippen molar-refractivity contribution in [2.75, 3.05) is 13.2 Å². The van der Waals surface area contributed by atoms with Gasteiger partial charge in [0.1, 0.15) is 13.2 Å². The van der Waals surface area contributed by atoms with Crippen LogP contribution >= 0.6 is 0 Å². The zero-order chi connectivity index (χ0) is 43.7. The molecule has 0 aromatic carbocycles. The first kappa shape index (κ1) is 56.9. The van der Waals surface area contributed by atoms with E-state index in [1.54, 1.807) is 0 Å². The third-order valence-corrected chi connectivity index (χ3v) is 10.4. The number of esters is 3. The topological polar surface area (TPSA) is 78.9 Å². The van der Waals surface area contributed by atoms with Crippen LogP contribution in [0, 0.1) is 0 Å². The highest BCUT2D eigenvalue weighted by molar-refractivity contribution is 5.71. The number of allylic oxidation sites excluding steroid dienone is 12. The van der Waals surface area contributed by atoms with Crippen molar-refractivity contribution in [1.82, 2.24) is 0 Å². The minimum absolute atomic E-state index is 0.0919. The van der Waals surface area contributed by atoms with Crippen LogP contribution in [0.4, 0.5) is 0 Å². The molecule has 0 N–H and O–H groups in total. The Morgan fingerprint density at radius 1 is 0.350 bits per heavy atom. The van der Waals surface area contributed by atoms with Crippen LogP contribution in [0.3, 0.4) is 0 Å². The highest BCUT2D eigenvalue weighted by Gasteiger charge is 2.19. The quantitative estimate of drug-likeness (QED) is 0.0263. The van der Waals surface area contributed by atoms with Gasteiger partial charge in [-0.25, -0.2) is 0 Å². The van der Waals surface area contributed by atoms with Gasteiger partial charge in [-0.05, 0) is 103 Å². The maximum Gasteiger partial charge on any atom is 0.306 e. The average Bonchev–Trinajstić information content (AvgIpc) is 3.24. The van der Waals surface area contributed by atoms with Crippen LogP contribution in [-0.2, 0) is 28.6 Å². The van der Waals surface area contributed by atoms with Crippen molar-refractivity contribution in [3.8, 4) is 0 Å². The summed E-state index contributed by atoms with van der Waals surface area (Å²) in [6.07, 6.45) is 60.2. The maximum absolute atomic E-state index is 12.8. The van der Waals surface area contributed by atoms with Crippen LogP contribution in [0.5, 0.6) is 0 Å². The molecule has 0 aromatic heterocycles. The van der Waals surface area contributed by atoms with Gasteiger partial charge < -0.3 is 14.2 Å². The molecule has 0 aliphatic heterocycles. The molecule has 60 heavy (non-hydrogen) atoms. The molecule has 0 spiro atoms. The summed E-state index contributed by atoms with van der Waals surface area (Å²) in [6, 6.07) is 0. The summed E-state index contributed by atoms with van der Waals surface area (Å²) in [5.41, 5.74) is 0. The summed E-state index contributed by atoms with van der Waals surface area (Å²) in [5.74, 6) is -0.933. The molecule has 1 atom stereocenters. The third-order valence-electron chi connectivity index (χ3n) is 10.4. The molecule has 344 valence electrons. The molecular weight excluding hydrogens is 745 g/mol. The Balaban J connectivity index is 4.42. The van der Waals surface area contributed by atoms with Crippen LogP contribution in [0.2, 0.25) is 0 Å². The van der Waals surface area contributed by atoms with Crippen molar-refractivity contribution in [2.45, 2.75) is 239 Å². The fraction of sp³-hybridized carbons (Fsp3) is 0.722. The second-order valence-corrected chi connectivity index (χ2v) is 16.3. The Morgan fingerprint density at radius 2 is 0.667 bits per heavy atom. The molecule has 0 bridgehead atoms. The van der Waals surface area contributed by atoms with E-state index in [-0.39, 0.29) is 31.1 Å². The summed E-state index contributed by atoms with van der Waals surface area (Å²) in [4.78, 5) is 37.9. The van der Waals surface area contributed by atoms with Crippen LogP contribution < -0.4 is 0 Å². The van der Waals surface area contributed by atoms with Crippen molar-refractivity contribution < 1.29 is 28.6 Å². The summed E-state index contributed by atoms with van der Waals surface area (Å²) >= 11 is 0. The van der Waals surface area contributed by atoms with Crippen molar-refractivity contribution in [3.05, 3.63) is 72.9 Å². The van der Waals surface area contributed by atoms with E-state index < -0.39 is 6.10 Å². The molecule has 0 rings (SSSR count). The standard InChI is InChI=1S/C54H92O6/c1-4-7-10-13-16-19-22-24-26-27-28-30-32-35-38-41-44-47-53(56)59-50-51(49-58-52(55)46-43-40-37-34-31-21-18-15-12-9-6-3)60-54(57)48-45-42-39-36-33-29-25-23-20-17-14-11-8-5-2/h8,11,15-20,24-26,29,51H,4-7,9-10,12-14,21-23,27-28,30-50H2,1-3H3/b11-8-,18-15-,19-16-,20-17-,26-24-,29-25-. The molecule has 0 aromatic rings. The van der Waals surface area contributed by atoms with Gasteiger partial charge in [-0.2, -0.15) is 0 Å². The zero-order valence-corrected chi connectivity index (χ0v) is 39.2. The summed E-state index contributed by atoms with van der Waals surface area (Å²) in [6.45, 7) is 6.42. The largest absolute Gasteiger partial charge is 0.462 e. The van der Waals surface area contributed by atoms with Crippen molar-refractivity contribution >= 4 is 17.9 Å². The van der Waals surface area contributed by atoms with Gasteiger partial charge in [0.25, 0.3) is 0 Å². The molecule has 0 amide bonds. The summed E-state index contributed by atoms with van der Waals surface area (Å²) in [5, 5.41) is 0. The molecule has 0 radical (unpaired) electrons. The van der Waals surface area contributed by atoms with Gasteiger partial charge in [-0.15, -0.1) is 0 Å². The Morgan fingerprint density at radius 3 is 1.08 bits per heavy atom. The molecule has 0 aliphatic rings. The number of rotatable bonds is 44. The molecule has 0 aliphatic carbocycles. The lowest BCUT2D eigenvalue weighted by molar-refractivity contribution is -0.167. The normalized spacial score (nSPS) is 12.7. The molecule has 6 nitrogen and oxygen atoms in total. The smallest absolute Gasteiger partial charge is 0.306 e. The van der Waals surface area contributed by atoms with Crippen LogP contribution in [0.25, 0.3) is 0 Å². The lowest BCUT2D eigenvalue weighted by atomic mass is 10.1. The highest BCUT2D eigenvalue weighted by atomic mass is 16.6. The van der Waals surface area contributed by atoms with E-state index in [0.29, 0.717) is 19.3 Å². The molecule has 0 fully saturated rings. The molecule has 0 saturated carbocycles. The van der Waals surface area contributed by atoms with E-state index in [1.807, 2.05) is 0 Å². The van der Waals surface area contributed by atoms with Gasteiger partial charge in [0.05, 0.1) is 0 Å². The Bertz CT molecular complexity index is 1140. The number of unbranched alkanes of at least 4 members (excludes halogenated alkanes) is 21. The van der Waals surface area contributed by atoms with Crippen LogP contribution in [-0.4, -0.2) is 37.2 Å². The molecule has 0 saturated heterocycles. The van der Waals surface area contributed by atoms with Crippen LogP contribution in [0.15, 0.2) is 72.9 Å². The first-order valence-electron chi connectivity index (χ1n) is 24.9. The van der Waals surface area contributed by atoms with Gasteiger partial charge in [0.15, 0.2) is 6.10 Å². The lowest BCUT2D eigenvalue weighted by Gasteiger charge is -2.18. The van der Waals surface area contributed by atoms with Gasteiger partial charge in [-0.3, -0.25) is 14.4 Å². The Kier molecular flexibility index (Phi) is 46.0. The SMILES string of the molecule is CC/C=C\C/C=C\C/C=C\CCCCCCC(=O)OC(COC(=O)CCCCCCC/C=C\CCCC)COC(=O)CCCCCCCCC/C=C\C/C=C\CCCCC. The first-order valence-corrected chi connectivity index (χ1v) is 24.9. The first-order chi connectivity index (χ1) is 29.5. The summed E-state index contributed by atoms with van der Waals surface area (Å²) < 4.78 is 16.7. The maximum atomic E-state index is 12.8. The van der Waals surface area contributed by atoms with Gasteiger partial charge in [0, 0.05) is 19.3 Å². The molecule has 0 heterocycles. The molecule has 6 heteroatoms.